The van der Waals surface area contributed by atoms with Gasteiger partial charge in [-0.3, -0.25) is 0 Å². The van der Waals surface area contributed by atoms with Crippen LogP contribution < -0.4 is 10.6 Å². The van der Waals surface area contributed by atoms with Crippen LogP contribution in [0.2, 0.25) is 0 Å². The number of benzene rings is 2. The first-order valence-electron chi connectivity index (χ1n) is 8.23. The molecule has 4 nitrogen and oxygen atoms in total. The first-order valence-corrected chi connectivity index (χ1v) is 8.23. The van der Waals surface area contributed by atoms with Crippen molar-refractivity contribution in [3.63, 3.8) is 0 Å². The van der Waals surface area contributed by atoms with Crippen molar-refractivity contribution in [2.75, 3.05) is 11.9 Å². The van der Waals surface area contributed by atoms with E-state index in [0.717, 1.165) is 24.9 Å². The topological polar surface area (TPSA) is 61.4 Å². The minimum atomic E-state index is -1.08. The predicted octanol–water partition coefficient (Wildman–Crippen LogP) is 3.56. The fraction of sp³-hybridized carbons (Fsp3) is 0.316. The largest absolute Gasteiger partial charge is 0.386 e. The average molecular weight is 328 g/mol. The SMILES string of the molecule is O=C(NCC(O)c1ccccc1F)Nc1cccc2c1CCCC2. The first kappa shape index (κ1) is 16.5. The predicted molar refractivity (Wildman–Crippen MR) is 91.5 cm³/mol. The maximum atomic E-state index is 13.6. The maximum Gasteiger partial charge on any atom is 0.319 e. The summed E-state index contributed by atoms with van der Waals surface area (Å²) in [5, 5.41) is 15.5. The summed E-state index contributed by atoms with van der Waals surface area (Å²) >= 11 is 0. The number of urea groups is 1. The van der Waals surface area contributed by atoms with Crippen LogP contribution in [0.1, 0.15) is 35.6 Å². The standard InChI is InChI=1S/C19H21FN2O2/c20-16-10-4-3-9-15(16)18(23)12-21-19(24)22-17-11-5-7-13-6-1-2-8-14(13)17/h3-5,7,9-11,18,23H,1-2,6,8,12H2,(H2,21,22,24). The fourth-order valence-electron chi connectivity index (χ4n) is 3.11. The number of aliphatic hydroxyl groups is 1. The van der Waals surface area contributed by atoms with Gasteiger partial charge in [0.1, 0.15) is 5.82 Å². The Hall–Kier alpha value is -2.40. The summed E-state index contributed by atoms with van der Waals surface area (Å²) in [5.41, 5.74) is 3.46. The number of amides is 2. The third kappa shape index (κ3) is 3.74. The molecule has 1 atom stereocenters. The van der Waals surface area contributed by atoms with Gasteiger partial charge in [0.05, 0.1) is 6.10 Å². The Morgan fingerprint density at radius 3 is 2.75 bits per heavy atom. The van der Waals surface area contributed by atoms with Crippen LogP contribution in [-0.2, 0) is 12.8 Å². The molecule has 0 saturated heterocycles. The molecule has 0 saturated carbocycles. The van der Waals surface area contributed by atoms with Crippen LogP contribution in [0.25, 0.3) is 0 Å². The Morgan fingerprint density at radius 1 is 1.12 bits per heavy atom. The lowest BCUT2D eigenvalue weighted by molar-refractivity contribution is 0.170. The summed E-state index contributed by atoms with van der Waals surface area (Å²) in [6, 6.07) is 11.5. The highest BCUT2D eigenvalue weighted by Crippen LogP contribution is 2.27. The van der Waals surface area contributed by atoms with Gasteiger partial charge in [0, 0.05) is 17.8 Å². The number of rotatable bonds is 4. The molecule has 2 amide bonds. The molecular weight excluding hydrogens is 307 g/mol. The average Bonchev–Trinajstić information content (AvgIpc) is 2.60. The Bertz CT molecular complexity index is 733. The molecule has 0 fully saturated rings. The number of halogens is 1. The molecule has 2 aromatic carbocycles. The van der Waals surface area contributed by atoms with Crippen molar-refractivity contribution in [3.8, 4) is 0 Å². The van der Waals surface area contributed by atoms with Gasteiger partial charge in [-0.15, -0.1) is 0 Å². The highest BCUT2D eigenvalue weighted by atomic mass is 19.1. The van der Waals surface area contributed by atoms with Gasteiger partial charge in [-0.1, -0.05) is 30.3 Å². The van der Waals surface area contributed by atoms with Crippen molar-refractivity contribution in [3.05, 3.63) is 65.0 Å². The van der Waals surface area contributed by atoms with Crippen molar-refractivity contribution < 1.29 is 14.3 Å². The summed E-state index contributed by atoms with van der Waals surface area (Å²) in [6.45, 7) is -0.0538. The molecule has 1 aliphatic carbocycles. The number of aliphatic hydroxyl groups excluding tert-OH is 1. The van der Waals surface area contributed by atoms with E-state index in [4.69, 9.17) is 0 Å². The van der Waals surface area contributed by atoms with Gasteiger partial charge in [0.2, 0.25) is 0 Å². The van der Waals surface area contributed by atoms with E-state index in [1.165, 1.54) is 29.7 Å². The maximum absolute atomic E-state index is 13.6. The zero-order valence-electron chi connectivity index (χ0n) is 13.4. The minimum absolute atomic E-state index is 0.0538. The van der Waals surface area contributed by atoms with E-state index in [0.29, 0.717) is 0 Å². The molecule has 0 radical (unpaired) electrons. The van der Waals surface area contributed by atoms with Crippen LogP contribution in [0.4, 0.5) is 14.9 Å². The number of carbonyl (C=O) groups excluding carboxylic acids is 1. The quantitative estimate of drug-likeness (QED) is 0.803. The van der Waals surface area contributed by atoms with E-state index in [2.05, 4.69) is 16.7 Å². The van der Waals surface area contributed by atoms with Crippen molar-refractivity contribution in [1.82, 2.24) is 5.32 Å². The molecule has 0 bridgehead atoms. The van der Waals surface area contributed by atoms with Crippen molar-refractivity contribution in [1.29, 1.82) is 0 Å². The van der Waals surface area contributed by atoms with E-state index in [1.807, 2.05) is 12.1 Å². The van der Waals surface area contributed by atoms with Crippen molar-refractivity contribution in [2.24, 2.45) is 0 Å². The number of fused-ring (bicyclic) bond motifs is 1. The third-order valence-electron chi connectivity index (χ3n) is 4.36. The van der Waals surface area contributed by atoms with Gasteiger partial charge in [-0.05, 0) is 48.9 Å². The van der Waals surface area contributed by atoms with Crippen LogP contribution in [-0.4, -0.2) is 17.7 Å². The number of aryl methyl sites for hydroxylation is 1. The molecule has 2 aromatic rings. The van der Waals surface area contributed by atoms with Gasteiger partial charge >= 0.3 is 6.03 Å². The fourth-order valence-corrected chi connectivity index (χ4v) is 3.11. The van der Waals surface area contributed by atoms with Gasteiger partial charge in [-0.25, -0.2) is 9.18 Å². The highest BCUT2D eigenvalue weighted by molar-refractivity contribution is 5.90. The van der Waals surface area contributed by atoms with E-state index < -0.39 is 18.0 Å². The van der Waals surface area contributed by atoms with Gasteiger partial charge in [0.25, 0.3) is 0 Å². The molecule has 3 N–H and O–H groups in total. The molecule has 5 heteroatoms. The number of hydrogen-bond acceptors (Lipinski definition) is 2. The molecule has 0 aliphatic heterocycles. The molecular formula is C19H21FN2O2. The van der Waals surface area contributed by atoms with Crippen molar-refractivity contribution >= 4 is 11.7 Å². The van der Waals surface area contributed by atoms with E-state index in [1.54, 1.807) is 12.1 Å². The number of anilines is 1. The summed E-state index contributed by atoms with van der Waals surface area (Å²) in [6.07, 6.45) is 3.22. The van der Waals surface area contributed by atoms with Gasteiger partial charge in [0.15, 0.2) is 0 Å². The molecule has 0 spiro atoms. The first-order chi connectivity index (χ1) is 11.6. The van der Waals surface area contributed by atoms with Crippen LogP contribution in [0.3, 0.4) is 0 Å². The van der Waals surface area contributed by atoms with Crippen molar-refractivity contribution in [2.45, 2.75) is 31.8 Å². The van der Waals surface area contributed by atoms with Gasteiger partial charge < -0.3 is 15.7 Å². The van der Waals surface area contributed by atoms with Crippen LogP contribution in [0, 0.1) is 5.82 Å². The molecule has 1 aliphatic rings. The molecule has 1 unspecified atom stereocenters. The Balaban J connectivity index is 1.60. The molecule has 0 heterocycles. The van der Waals surface area contributed by atoms with E-state index in [-0.39, 0.29) is 12.1 Å². The molecule has 24 heavy (non-hydrogen) atoms. The lowest BCUT2D eigenvalue weighted by Gasteiger charge is -2.20. The molecule has 3 rings (SSSR count). The summed E-state index contributed by atoms with van der Waals surface area (Å²) in [7, 11) is 0. The van der Waals surface area contributed by atoms with Crippen LogP contribution >= 0.6 is 0 Å². The molecule has 126 valence electrons. The Morgan fingerprint density at radius 2 is 1.92 bits per heavy atom. The second kappa shape index (κ2) is 7.45. The Kier molecular flexibility index (Phi) is 5.11. The zero-order valence-corrected chi connectivity index (χ0v) is 13.4. The molecule has 0 aromatic heterocycles. The van der Waals surface area contributed by atoms with E-state index in [9.17, 15) is 14.3 Å². The second-order valence-corrected chi connectivity index (χ2v) is 6.02. The normalized spacial score (nSPS) is 14.6. The Labute approximate surface area is 140 Å². The van der Waals surface area contributed by atoms with Gasteiger partial charge in [-0.2, -0.15) is 0 Å². The monoisotopic (exact) mass is 328 g/mol. The van der Waals surface area contributed by atoms with Crippen LogP contribution in [0.15, 0.2) is 42.5 Å². The van der Waals surface area contributed by atoms with E-state index >= 15 is 0 Å². The lowest BCUT2D eigenvalue weighted by Crippen LogP contribution is -2.33. The third-order valence-corrected chi connectivity index (χ3v) is 4.36. The second-order valence-electron chi connectivity index (χ2n) is 6.02. The highest BCUT2D eigenvalue weighted by Gasteiger charge is 2.16. The number of hydrogen-bond donors (Lipinski definition) is 3. The lowest BCUT2D eigenvalue weighted by atomic mass is 9.90. The summed E-state index contributed by atoms with van der Waals surface area (Å²) in [5.74, 6) is -0.482. The zero-order chi connectivity index (χ0) is 16.9. The summed E-state index contributed by atoms with van der Waals surface area (Å²) in [4.78, 5) is 12.1. The van der Waals surface area contributed by atoms with Crippen LogP contribution in [0.5, 0.6) is 0 Å². The number of nitrogens with one attached hydrogen (secondary N) is 2. The minimum Gasteiger partial charge on any atom is -0.386 e. The smallest absolute Gasteiger partial charge is 0.319 e. The summed E-state index contributed by atoms with van der Waals surface area (Å²) < 4.78 is 13.6. The number of carbonyl (C=O) groups is 1.